The number of hydrogen-bond donors (Lipinski definition) is 1. The summed E-state index contributed by atoms with van der Waals surface area (Å²) < 4.78 is 38.9. The Morgan fingerprint density at radius 3 is 2.69 bits per heavy atom. The number of rotatable bonds is 5. The number of thioether (sulfide) groups is 1. The van der Waals surface area contributed by atoms with Crippen LogP contribution in [0.2, 0.25) is 0 Å². The van der Waals surface area contributed by atoms with Crippen LogP contribution in [0.3, 0.4) is 0 Å². The van der Waals surface area contributed by atoms with Crippen molar-refractivity contribution in [3.05, 3.63) is 58.1 Å². The highest BCUT2D eigenvalue weighted by atomic mass is 32.2. The molecule has 166 valence electrons. The van der Waals surface area contributed by atoms with E-state index in [0.29, 0.717) is 29.5 Å². The molecule has 4 heterocycles. The molecule has 1 aromatic carbocycles. The molecule has 0 saturated carbocycles. The maximum absolute atomic E-state index is 14.6. The summed E-state index contributed by atoms with van der Waals surface area (Å²) in [5.41, 5.74) is 6.81. The van der Waals surface area contributed by atoms with Crippen molar-refractivity contribution in [2.45, 2.75) is 5.37 Å². The maximum Gasteiger partial charge on any atom is 0.265 e. The van der Waals surface area contributed by atoms with Crippen molar-refractivity contribution in [1.29, 1.82) is 0 Å². The lowest BCUT2D eigenvalue weighted by atomic mass is 10.1. The van der Waals surface area contributed by atoms with Gasteiger partial charge >= 0.3 is 0 Å². The van der Waals surface area contributed by atoms with E-state index in [1.165, 1.54) is 46.5 Å². The molecule has 7 nitrogen and oxygen atoms in total. The first kappa shape index (κ1) is 21.3. The number of carbonyl (C=O) groups is 1. The quantitative estimate of drug-likeness (QED) is 0.576. The number of morpholine rings is 1. The van der Waals surface area contributed by atoms with Crippen LogP contribution >= 0.6 is 34.6 Å². The van der Waals surface area contributed by atoms with Gasteiger partial charge in [0.05, 0.1) is 41.2 Å². The maximum atomic E-state index is 14.6. The van der Waals surface area contributed by atoms with Gasteiger partial charge in [-0.25, -0.2) is 13.8 Å². The van der Waals surface area contributed by atoms with E-state index in [1.54, 1.807) is 11.1 Å². The summed E-state index contributed by atoms with van der Waals surface area (Å²) in [6.45, 7) is 2.81. The number of amides is 1. The molecule has 1 unspecified atom stereocenters. The molecule has 2 aliphatic rings. The second-order valence-electron chi connectivity index (χ2n) is 7.02. The first-order chi connectivity index (χ1) is 15.5. The Bertz CT molecular complexity index is 1170. The van der Waals surface area contributed by atoms with Gasteiger partial charge in [0.15, 0.2) is 5.13 Å². The number of anilines is 2. The standard InChI is InChI=1S/C20H17F2N5O2S3/c21-11-2-1-3-12(22)16(11)19-27(15(10-30-19)18(23)28)14-8-24-32-17(14)13-9-31-20(25-13)26-4-6-29-7-5-26/h1-3,8-10,19H,4-7H2,(H2,23,28). The van der Waals surface area contributed by atoms with Crippen LogP contribution in [-0.2, 0) is 9.53 Å². The van der Waals surface area contributed by atoms with E-state index >= 15 is 0 Å². The topological polar surface area (TPSA) is 84.6 Å². The van der Waals surface area contributed by atoms with E-state index in [-0.39, 0.29) is 11.3 Å². The van der Waals surface area contributed by atoms with E-state index in [4.69, 9.17) is 15.5 Å². The fourth-order valence-corrected chi connectivity index (χ4v) is 6.45. The smallest absolute Gasteiger partial charge is 0.265 e. The van der Waals surface area contributed by atoms with Crippen molar-refractivity contribution in [3.63, 3.8) is 0 Å². The van der Waals surface area contributed by atoms with Crippen LogP contribution in [-0.4, -0.2) is 41.6 Å². The molecular weight excluding hydrogens is 476 g/mol. The number of thiazole rings is 1. The minimum Gasteiger partial charge on any atom is -0.378 e. The summed E-state index contributed by atoms with van der Waals surface area (Å²) >= 11 is 3.82. The fraction of sp³-hybridized carbons (Fsp3) is 0.250. The van der Waals surface area contributed by atoms with Crippen LogP contribution in [0, 0.1) is 11.6 Å². The molecule has 1 atom stereocenters. The zero-order valence-electron chi connectivity index (χ0n) is 16.5. The van der Waals surface area contributed by atoms with Gasteiger partial charge < -0.3 is 20.3 Å². The molecule has 3 aromatic rings. The van der Waals surface area contributed by atoms with Crippen LogP contribution in [0.1, 0.15) is 10.9 Å². The molecule has 5 rings (SSSR count). The third kappa shape index (κ3) is 3.76. The van der Waals surface area contributed by atoms with Crippen molar-refractivity contribution in [1.82, 2.24) is 9.36 Å². The lowest BCUT2D eigenvalue weighted by molar-refractivity contribution is -0.114. The summed E-state index contributed by atoms with van der Waals surface area (Å²) in [6.07, 6.45) is 1.57. The Morgan fingerprint density at radius 2 is 1.97 bits per heavy atom. The number of benzene rings is 1. The molecule has 0 bridgehead atoms. The van der Waals surface area contributed by atoms with Crippen LogP contribution in [0.5, 0.6) is 0 Å². The highest BCUT2D eigenvalue weighted by Gasteiger charge is 2.38. The highest BCUT2D eigenvalue weighted by molar-refractivity contribution is 8.02. The van der Waals surface area contributed by atoms with Crippen LogP contribution in [0.4, 0.5) is 19.6 Å². The van der Waals surface area contributed by atoms with E-state index in [9.17, 15) is 13.6 Å². The number of hydrogen-bond acceptors (Lipinski definition) is 9. The number of nitrogens with zero attached hydrogens (tertiary/aromatic N) is 4. The third-order valence-electron chi connectivity index (χ3n) is 5.12. The minimum absolute atomic E-state index is 0.144. The summed E-state index contributed by atoms with van der Waals surface area (Å²) in [5.74, 6) is -2.08. The normalized spacial score (nSPS) is 18.8. The molecule has 0 spiro atoms. The number of aromatic nitrogens is 2. The SMILES string of the molecule is NC(=O)C1=CSC(c2c(F)cccc2F)N1c1cnsc1-c1csc(N2CCOCC2)n1. The molecule has 0 radical (unpaired) electrons. The third-order valence-corrected chi connectivity index (χ3v) is 7.90. The van der Waals surface area contributed by atoms with Gasteiger partial charge in [-0.05, 0) is 23.7 Å². The monoisotopic (exact) mass is 493 g/mol. The molecule has 1 saturated heterocycles. The number of ether oxygens (including phenoxy) is 1. The molecule has 1 fully saturated rings. The van der Waals surface area contributed by atoms with Gasteiger partial charge in [0.2, 0.25) is 0 Å². The Labute approximate surface area is 194 Å². The molecule has 2 aromatic heterocycles. The van der Waals surface area contributed by atoms with Gasteiger partial charge in [-0.2, -0.15) is 4.37 Å². The van der Waals surface area contributed by atoms with Crippen molar-refractivity contribution < 1.29 is 18.3 Å². The van der Waals surface area contributed by atoms with E-state index < -0.39 is 22.9 Å². The molecular formula is C20H17F2N5O2S3. The molecule has 2 N–H and O–H groups in total. The van der Waals surface area contributed by atoms with E-state index in [1.807, 2.05) is 5.38 Å². The van der Waals surface area contributed by atoms with Gasteiger partial charge in [-0.15, -0.1) is 23.1 Å². The van der Waals surface area contributed by atoms with Crippen LogP contribution < -0.4 is 15.5 Å². The van der Waals surface area contributed by atoms with Gasteiger partial charge in [0.25, 0.3) is 5.91 Å². The molecule has 12 heteroatoms. The molecule has 2 aliphatic heterocycles. The fourth-order valence-electron chi connectivity index (χ4n) is 3.60. The predicted molar refractivity (Wildman–Crippen MR) is 123 cm³/mol. The summed E-state index contributed by atoms with van der Waals surface area (Å²) in [5, 5.41) is 3.46. The Balaban J connectivity index is 1.55. The van der Waals surface area contributed by atoms with Crippen molar-refractivity contribution in [2.24, 2.45) is 5.73 Å². The summed E-state index contributed by atoms with van der Waals surface area (Å²) in [6, 6.07) is 3.70. The number of halogens is 2. The number of primary amides is 1. The van der Waals surface area contributed by atoms with Crippen LogP contribution in [0.15, 0.2) is 40.9 Å². The predicted octanol–water partition coefficient (Wildman–Crippen LogP) is 3.96. The van der Waals surface area contributed by atoms with Gasteiger partial charge in [-0.1, -0.05) is 6.07 Å². The van der Waals surface area contributed by atoms with Crippen molar-refractivity contribution in [3.8, 4) is 10.6 Å². The van der Waals surface area contributed by atoms with Gasteiger partial charge in [0.1, 0.15) is 22.7 Å². The summed E-state index contributed by atoms with van der Waals surface area (Å²) in [4.78, 5) is 21.3. The van der Waals surface area contributed by atoms with Gasteiger partial charge in [-0.3, -0.25) is 4.79 Å². The Kier molecular flexibility index (Phi) is 5.84. The Morgan fingerprint density at radius 1 is 1.22 bits per heavy atom. The van der Waals surface area contributed by atoms with Crippen molar-refractivity contribution in [2.75, 3.05) is 36.1 Å². The van der Waals surface area contributed by atoms with E-state index in [2.05, 4.69) is 9.27 Å². The second kappa shape index (κ2) is 8.77. The largest absolute Gasteiger partial charge is 0.378 e. The van der Waals surface area contributed by atoms with Gasteiger partial charge in [0, 0.05) is 23.9 Å². The molecule has 1 amide bonds. The summed E-state index contributed by atoms with van der Waals surface area (Å²) in [7, 11) is 0. The Hall–Kier alpha value is -2.54. The minimum atomic E-state index is -0.841. The zero-order chi connectivity index (χ0) is 22.2. The first-order valence-corrected chi connectivity index (χ1v) is 12.3. The zero-order valence-corrected chi connectivity index (χ0v) is 19.0. The molecule has 32 heavy (non-hydrogen) atoms. The molecule has 0 aliphatic carbocycles. The number of nitrogens with two attached hydrogens (primary N) is 1. The van der Waals surface area contributed by atoms with E-state index in [0.717, 1.165) is 30.0 Å². The lowest BCUT2D eigenvalue weighted by Crippen LogP contribution is -2.36. The lowest BCUT2D eigenvalue weighted by Gasteiger charge is -2.28. The average Bonchev–Trinajstić information content (AvgIpc) is 3.53. The average molecular weight is 494 g/mol. The highest BCUT2D eigenvalue weighted by Crippen LogP contribution is 2.50. The second-order valence-corrected chi connectivity index (χ2v) is 9.61. The number of carbonyl (C=O) groups excluding carboxylic acids is 1. The van der Waals surface area contributed by atoms with Crippen LogP contribution in [0.25, 0.3) is 10.6 Å². The van der Waals surface area contributed by atoms with Crippen molar-refractivity contribution >= 4 is 51.4 Å². The first-order valence-electron chi connectivity index (χ1n) is 9.66.